The average molecular weight is 347 g/mol. The van der Waals surface area contributed by atoms with Gasteiger partial charge in [-0.15, -0.1) is 0 Å². The molecule has 0 N–H and O–H groups in total. The first-order chi connectivity index (χ1) is 12.0. The summed E-state index contributed by atoms with van der Waals surface area (Å²) in [5.41, 5.74) is 0.908. The van der Waals surface area contributed by atoms with Gasteiger partial charge in [-0.1, -0.05) is 6.07 Å². The van der Waals surface area contributed by atoms with E-state index in [0.717, 1.165) is 38.1 Å². The molecule has 1 heterocycles. The molecule has 1 aliphatic rings. The van der Waals surface area contributed by atoms with Crippen molar-refractivity contribution in [1.82, 2.24) is 4.90 Å². The Hall–Kier alpha value is -2.01. The molecule has 1 aromatic carbocycles. The van der Waals surface area contributed by atoms with Gasteiger partial charge in [-0.3, -0.25) is 4.79 Å². The van der Waals surface area contributed by atoms with Gasteiger partial charge in [0.25, 0.3) is 0 Å². The fraction of sp³-hybridized carbons (Fsp3) is 0.550. The Morgan fingerprint density at radius 2 is 2.00 bits per heavy atom. The molecular weight excluding hydrogens is 318 g/mol. The molecule has 1 fully saturated rings. The normalized spacial score (nSPS) is 15.8. The van der Waals surface area contributed by atoms with Crippen molar-refractivity contribution in [1.29, 1.82) is 0 Å². The predicted octanol–water partition coefficient (Wildman–Crippen LogP) is 3.52. The molecule has 0 unspecified atom stereocenters. The van der Waals surface area contributed by atoms with Crippen molar-refractivity contribution in [2.75, 3.05) is 26.8 Å². The van der Waals surface area contributed by atoms with Crippen molar-refractivity contribution >= 4 is 12.0 Å². The Balaban J connectivity index is 1.96. The van der Waals surface area contributed by atoms with Crippen molar-refractivity contribution < 1.29 is 19.0 Å². The highest BCUT2D eigenvalue weighted by Crippen LogP contribution is 2.29. The fourth-order valence-electron chi connectivity index (χ4n) is 2.89. The molecule has 25 heavy (non-hydrogen) atoms. The molecule has 1 saturated heterocycles. The zero-order valence-corrected chi connectivity index (χ0v) is 15.7. The summed E-state index contributed by atoms with van der Waals surface area (Å²) in [5, 5.41) is 0. The molecule has 0 saturated carbocycles. The number of rotatable bonds is 7. The molecule has 0 aromatic heterocycles. The highest BCUT2D eigenvalue weighted by Gasteiger charge is 2.21. The molecular formula is C20H29NO4. The zero-order chi connectivity index (χ0) is 18.2. The Morgan fingerprint density at radius 1 is 1.28 bits per heavy atom. The molecule has 1 aliphatic heterocycles. The number of ether oxygens (including phenoxy) is 3. The molecule has 1 amide bonds. The van der Waals surface area contributed by atoms with E-state index >= 15 is 0 Å². The summed E-state index contributed by atoms with van der Waals surface area (Å²) in [6.07, 6.45) is 5.62. The quantitative estimate of drug-likeness (QED) is 0.708. The third-order valence-electron chi connectivity index (χ3n) is 4.12. The van der Waals surface area contributed by atoms with Crippen molar-refractivity contribution in [3.05, 3.63) is 29.8 Å². The van der Waals surface area contributed by atoms with Gasteiger partial charge < -0.3 is 19.1 Å². The van der Waals surface area contributed by atoms with Crippen LogP contribution in [0.1, 0.15) is 39.2 Å². The molecule has 2 rings (SSSR count). The molecule has 5 heteroatoms. The van der Waals surface area contributed by atoms with E-state index in [4.69, 9.17) is 14.2 Å². The van der Waals surface area contributed by atoms with Crippen molar-refractivity contribution in [3.63, 3.8) is 0 Å². The number of likely N-dealkylation sites (tertiary alicyclic amines) is 1. The van der Waals surface area contributed by atoms with Crippen LogP contribution in [0.25, 0.3) is 6.08 Å². The molecule has 1 aromatic rings. The standard InChI is InChI=1S/C20H29NO4/c1-5-24-17-10-12-21(13-11-17)20(22)9-7-16-6-8-18(25-15(2)3)19(14-16)23-4/h6-9,14-15,17H,5,10-13H2,1-4H3/b9-7+. The second kappa shape index (κ2) is 9.47. The summed E-state index contributed by atoms with van der Waals surface area (Å²) in [4.78, 5) is 14.2. The topological polar surface area (TPSA) is 48.0 Å². The van der Waals surface area contributed by atoms with Crippen LogP contribution >= 0.6 is 0 Å². The third kappa shape index (κ3) is 5.78. The molecule has 0 bridgehead atoms. The van der Waals surface area contributed by atoms with Crippen LogP contribution in [0.5, 0.6) is 11.5 Å². The van der Waals surface area contributed by atoms with Gasteiger partial charge in [-0.05, 0) is 57.4 Å². The van der Waals surface area contributed by atoms with E-state index in [0.29, 0.717) is 11.5 Å². The lowest BCUT2D eigenvalue weighted by Gasteiger charge is -2.31. The van der Waals surface area contributed by atoms with Crippen LogP contribution in [0.3, 0.4) is 0 Å². The van der Waals surface area contributed by atoms with Crippen LogP contribution in [0.4, 0.5) is 0 Å². The number of piperidine rings is 1. The van der Waals surface area contributed by atoms with E-state index in [-0.39, 0.29) is 18.1 Å². The summed E-state index contributed by atoms with van der Waals surface area (Å²) in [6.45, 7) is 8.18. The van der Waals surface area contributed by atoms with Crippen LogP contribution in [0.15, 0.2) is 24.3 Å². The maximum absolute atomic E-state index is 12.3. The minimum absolute atomic E-state index is 0.0384. The van der Waals surface area contributed by atoms with Crippen molar-refractivity contribution in [2.45, 2.75) is 45.8 Å². The first-order valence-electron chi connectivity index (χ1n) is 8.96. The van der Waals surface area contributed by atoms with Crippen molar-refractivity contribution in [2.24, 2.45) is 0 Å². The summed E-state index contributed by atoms with van der Waals surface area (Å²) in [5.74, 6) is 1.41. The minimum Gasteiger partial charge on any atom is -0.493 e. The summed E-state index contributed by atoms with van der Waals surface area (Å²) < 4.78 is 16.7. The zero-order valence-electron chi connectivity index (χ0n) is 15.7. The second-order valence-electron chi connectivity index (χ2n) is 6.39. The summed E-state index contributed by atoms with van der Waals surface area (Å²) in [7, 11) is 1.61. The lowest BCUT2D eigenvalue weighted by atomic mass is 10.1. The first-order valence-corrected chi connectivity index (χ1v) is 8.96. The maximum atomic E-state index is 12.3. The smallest absolute Gasteiger partial charge is 0.246 e. The van der Waals surface area contributed by atoms with E-state index in [2.05, 4.69) is 0 Å². The molecule has 138 valence electrons. The van der Waals surface area contributed by atoms with Gasteiger partial charge in [0.15, 0.2) is 11.5 Å². The van der Waals surface area contributed by atoms with E-state index in [1.807, 2.05) is 49.9 Å². The second-order valence-corrected chi connectivity index (χ2v) is 6.39. The molecule has 0 aliphatic carbocycles. The number of hydrogen-bond acceptors (Lipinski definition) is 4. The van der Waals surface area contributed by atoms with Gasteiger partial charge in [-0.25, -0.2) is 0 Å². The Bertz CT molecular complexity index is 589. The number of carbonyl (C=O) groups excluding carboxylic acids is 1. The monoisotopic (exact) mass is 347 g/mol. The van der Waals surface area contributed by atoms with Crippen LogP contribution in [0, 0.1) is 0 Å². The Labute approximate surface area is 150 Å². The number of carbonyl (C=O) groups is 1. The van der Waals surface area contributed by atoms with E-state index in [1.54, 1.807) is 13.2 Å². The number of nitrogens with zero attached hydrogens (tertiary/aromatic N) is 1. The number of hydrogen-bond donors (Lipinski definition) is 0. The van der Waals surface area contributed by atoms with E-state index in [1.165, 1.54) is 0 Å². The Kier molecular flexibility index (Phi) is 7.31. The predicted molar refractivity (Wildman–Crippen MR) is 99.0 cm³/mol. The maximum Gasteiger partial charge on any atom is 0.246 e. The van der Waals surface area contributed by atoms with Crippen LogP contribution in [-0.4, -0.2) is 49.8 Å². The highest BCUT2D eigenvalue weighted by atomic mass is 16.5. The van der Waals surface area contributed by atoms with Gasteiger partial charge in [-0.2, -0.15) is 0 Å². The summed E-state index contributed by atoms with van der Waals surface area (Å²) in [6, 6.07) is 5.67. The van der Waals surface area contributed by atoms with Gasteiger partial charge in [0, 0.05) is 25.8 Å². The number of amides is 1. The largest absolute Gasteiger partial charge is 0.493 e. The molecule has 0 atom stereocenters. The molecule has 5 nitrogen and oxygen atoms in total. The lowest BCUT2D eigenvalue weighted by Crippen LogP contribution is -2.40. The fourth-order valence-corrected chi connectivity index (χ4v) is 2.89. The lowest BCUT2D eigenvalue weighted by molar-refractivity contribution is -0.128. The highest BCUT2D eigenvalue weighted by molar-refractivity contribution is 5.91. The van der Waals surface area contributed by atoms with Crippen LogP contribution < -0.4 is 9.47 Å². The van der Waals surface area contributed by atoms with E-state index in [9.17, 15) is 4.79 Å². The summed E-state index contributed by atoms with van der Waals surface area (Å²) >= 11 is 0. The molecule has 0 radical (unpaired) electrons. The number of benzene rings is 1. The van der Waals surface area contributed by atoms with E-state index < -0.39 is 0 Å². The van der Waals surface area contributed by atoms with Gasteiger partial charge >= 0.3 is 0 Å². The average Bonchev–Trinajstić information content (AvgIpc) is 2.61. The van der Waals surface area contributed by atoms with Crippen molar-refractivity contribution in [3.8, 4) is 11.5 Å². The SMILES string of the molecule is CCOC1CCN(C(=O)/C=C/c2ccc(OC(C)C)c(OC)c2)CC1. The van der Waals surface area contributed by atoms with Crippen LogP contribution in [0.2, 0.25) is 0 Å². The third-order valence-corrected chi connectivity index (χ3v) is 4.12. The van der Waals surface area contributed by atoms with Crippen LogP contribution in [-0.2, 0) is 9.53 Å². The van der Waals surface area contributed by atoms with Gasteiger partial charge in [0.05, 0.1) is 19.3 Å². The van der Waals surface area contributed by atoms with Gasteiger partial charge in [0.2, 0.25) is 5.91 Å². The first kappa shape index (κ1) is 19.3. The van der Waals surface area contributed by atoms with Gasteiger partial charge in [0.1, 0.15) is 0 Å². The number of methoxy groups -OCH3 is 1. The minimum atomic E-state index is 0.0384. The molecule has 0 spiro atoms. The Morgan fingerprint density at radius 3 is 2.60 bits per heavy atom.